The molecule has 1 aliphatic rings. The Labute approximate surface area is 148 Å². The number of nitrogens with zero attached hydrogens (tertiary/aromatic N) is 3. The lowest BCUT2D eigenvalue weighted by molar-refractivity contribution is 0.0937. The van der Waals surface area contributed by atoms with E-state index in [0.29, 0.717) is 5.69 Å². The summed E-state index contributed by atoms with van der Waals surface area (Å²) in [4.78, 5) is 14.2. The van der Waals surface area contributed by atoms with E-state index in [1.807, 2.05) is 32.0 Å². The maximum Gasteiger partial charge on any atom is 0.271 e. The Balaban J connectivity index is 1.76. The molecule has 1 aliphatic heterocycles. The summed E-state index contributed by atoms with van der Waals surface area (Å²) in [6, 6.07) is 12.1. The van der Waals surface area contributed by atoms with Gasteiger partial charge in [-0.05, 0) is 56.5 Å². The van der Waals surface area contributed by atoms with Gasteiger partial charge in [0.25, 0.3) is 5.91 Å². The molecule has 0 radical (unpaired) electrons. The summed E-state index contributed by atoms with van der Waals surface area (Å²) in [7, 11) is 1.67. The Bertz CT molecular complexity index is 713. The molecule has 1 fully saturated rings. The fourth-order valence-corrected chi connectivity index (χ4v) is 3.15. The molecule has 0 aliphatic carbocycles. The molecule has 25 heavy (non-hydrogen) atoms. The highest BCUT2D eigenvalue weighted by molar-refractivity contribution is 5.92. The summed E-state index contributed by atoms with van der Waals surface area (Å²) in [5.41, 5.74) is 1.58. The minimum atomic E-state index is -0.192. The van der Waals surface area contributed by atoms with Crippen molar-refractivity contribution in [1.82, 2.24) is 15.5 Å². The van der Waals surface area contributed by atoms with Crippen LogP contribution in [0.25, 0.3) is 0 Å². The molecule has 1 aromatic carbocycles. The summed E-state index contributed by atoms with van der Waals surface area (Å²) >= 11 is 0. The minimum absolute atomic E-state index is 0.0759. The zero-order valence-corrected chi connectivity index (χ0v) is 14.9. The smallest absolute Gasteiger partial charge is 0.271 e. The summed E-state index contributed by atoms with van der Waals surface area (Å²) < 4.78 is 5.23. The molecule has 6 heteroatoms. The van der Waals surface area contributed by atoms with E-state index >= 15 is 0 Å². The van der Waals surface area contributed by atoms with Crippen molar-refractivity contribution in [1.29, 1.82) is 0 Å². The van der Waals surface area contributed by atoms with Gasteiger partial charge < -0.3 is 15.0 Å². The van der Waals surface area contributed by atoms with E-state index in [-0.39, 0.29) is 18.0 Å². The zero-order valence-electron chi connectivity index (χ0n) is 14.9. The molecule has 2 aromatic rings. The van der Waals surface area contributed by atoms with Gasteiger partial charge in [-0.15, -0.1) is 10.2 Å². The molecular weight excluding hydrogens is 316 g/mol. The number of aromatic nitrogens is 2. The number of amides is 1. The molecule has 3 rings (SSSR count). The van der Waals surface area contributed by atoms with Gasteiger partial charge in [0.15, 0.2) is 11.5 Å². The SMILES string of the molecule is COc1ccc(C2CCCN2c2ccc(C(=O)NC(C)C)nn2)cc1. The molecule has 1 amide bonds. The van der Waals surface area contributed by atoms with Crippen LogP contribution >= 0.6 is 0 Å². The van der Waals surface area contributed by atoms with Gasteiger partial charge in [0, 0.05) is 12.6 Å². The maximum absolute atomic E-state index is 12.0. The van der Waals surface area contributed by atoms with Crippen molar-refractivity contribution in [3.8, 4) is 5.75 Å². The van der Waals surface area contributed by atoms with Crippen molar-refractivity contribution in [3.63, 3.8) is 0 Å². The largest absolute Gasteiger partial charge is 0.497 e. The average molecular weight is 340 g/mol. The number of benzene rings is 1. The van der Waals surface area contributed by atoms with E-state index in [1.165, 1.54) is 5.56 Å². The first-order chi connectivity index (χ1) is 12.1. The van der Waals surface area contributed by atoms with Crippen molar-refractivity contribution in [3.05, 3.63) is 47.7 Å². The van der Waals surface area contributed by atoms with E-state index in [1.54, 1.807) is 13.2 Å². The summed E-state index contributed by atoms with van der Waals surface area (Å²) in [6.45, 7) is 4.77. The molecular formula is C19H24N4O2. The monoisotopic (exact) mass is 340 g/mol. The molecule has 1 N–H and O–H groups in total. The first-order valence-corrected chi connectivity index (χ1v) is 8.63. The Morgan fingerprint density at radius 2 is 1.96 bits per heavy atom. The van der Waals surface area contributed by atoms with E-state index < -0.39 is 0 Å². The molecule has 0 spiro atoms. The Morgan fingerprint density at radius 1 is 1.20 bits per heavy atom. The lowest BCUT2D eigenvalue weighted by Gasteiger charge is -2.25. The van der Waals surface area contributed by atoms with Crippen LogP contribution in [0.4, 0.5) is 5.82 Å². The van der Waals surface area contributed by atoms with Crippen LogP contribution in [-0.4, -0.2) is 35.8 Å². The number of ether oxygens (including phenoxy) is 1. The fourth-order valence-electron chi connectivity index (χ4n) is 3.15. The average Bonchev–Trinajstić information content (AvgIpc) is 3.11. The van der Waals surface area contributed by atoms with Crippen molar-refractivity contribution in [2.45, 2.75) is 38.8 Å². The fraction of sp³-hybridized carbons (Fsp3) is 0.421. The predicted molar refractivity (Wildman–Crippen MR) is 96.9 cm³/mol. The van der Waals surface area contributed by atoms with E-state index in [2.05, 4.69) is 32.5 Å². The highest BCUT2D eigenvalue weighted by Crippen LogP contribution is 2.35. The van der Waals surface area contributed by atoms with Gasteiger partial charge in [0.2, 0.25) is 0 Å². The quantitative estimate of drug-likeness (QED) is 0.906. The number of hydrogen-bond donors (Lipinski definition) is 1. The van der Waals surface area contributed by atoms with E-state index in [9.17, 15) is 4.79 Å². The van der Waals surface area contributed by atoms with Crippen LogP contribution in [0.3, 0.4) is 0 Å². The number of anilines is 1. The molecule has 132 valence electrons. The van der Waals surface area contributed by atoms with Gasteiger partial charge in [-0.25, -0.2) is 0 Å². The van der Waals surface area contributed by atoms with Crippen molar-refractivity contribution >= 4 is 11.7 Å². The van der Waals surface area contributed by atoms with Gasteiger partial charge in [0.1, 0.15) is 5.75 Å². The van der Waals surface area contributed by atoms with Crippen LogP contribution in [0.2, 0.25) is 0 Å². The molecule has 0 saturated carbocycles. The molecule has 2 heterocycles. The van der Waals surface area contributed by atoms with Gasteiger partial charge in [-0.2, -0.15) is 0 Å². The van der Waals surface area contributed by atoms with Gasteiger partial charge >= 0.3 is 0 Å². The number of hydrogen-bond acceptors (Lipinski definition) is 5. The third kappa shape index (κ3) is 3.90. The highest BCUT2D eigenvalue weighted by atomic mass is 16.5. The summed E-state index contributed by atoms with van der Waals surface area (Å²) in [6.07, 6.45) is 2.18. The van der Waals surface area contributed by atoms with Crippen LogP contribution in [0.1, 0.15) is 48.8 Å². The molecule has 1 saturated heterocycles. The molecule has 1 aromatic heterocycles. The second-order valence-corrected chi connectivity index (χ2v) is 6.53. The van der Waals surface area contributed by atoms with Crippen LogP contribution in [0.5, 0.6) is 5.75 Å². The molecule has 0 bridgehead atoms. The van der Waals surface area contributed by atoms with Crippen LogP contribution < -0.4 is 15.0 Å². The van der Waals surface area contributed by atoms with E-state index in [0.717, 1.165) is 31.0 Å². The first kappa shape index (κ1) is 17.2. The number of methoxy groups -OCH3 is 1. The van der Waals surface area contributed by atoms with Gasteiger partial charge in [-0.3, -0.25) is 4.79 Å². The van der Waals surface area contributed by atoms with Gasteiger partial charge in [-0.1, -0.05) is 12.1 Å². The second kappa shape index (κ2) is 7.51. The Kier molecular flexibility index (Phi) is 5.16. The first-order valence-electron chi connectivity index (χ1n) is 8.63. The van der Waals surface area contributed by atoms with Crippen molar-refractivity contribution in [2.75, 3.05) is 18.6 Å². The second-order valence-electron chi connectivity index (χ2n) is 6.53. The Morgan fingerprint density at radius 3 is 2.56 bits per heavy atom. The predicted octanol–water partition coefficient (Wildman–Crippen LogP) is 2.96. The maximum atomic E-state index is 12.0. The van der Waals surface area contributed by atoms with Crippen molar-refractivity contribution < 1.29 is 9.53 Å². The summed E-state index contributed by atoms with van der Waals surface area (Å²) in [5, 5.41) is 11.2. The van der Waals surface area contributed by atoms with E-state index in [4.69, 9.17) is 4.74 Å². The zero-order chi connectivity index (χ0) is 17.8. The van der Waals surface area contributed by atoms with Crippen LogP contribution in [0.15, 0.2) is 36.4 Å². The normalized spacial score (nSPS) is 17.0. The number of rotatable bonds is 5. The number of nitrogens with one attached hydrogen (secondary N) is 1. The topological polar surface area (TPSA) is 67.3 Å². The number of carbonyl (C=O) groups is 1. The Hall–Kier alpha value is -2.63. The molecule has 1 unspecified atom stereocenters. The standard InChI is InChI=1S/C19H24N4O2/c1-13(2)20-19(24)16-10-11-18(22-21-16)23-12-4-5-17(23)14-6-8-15(25-3)9-7-14/h6-11,13,17H,4-5,12H2,1-3H3,(H,20,24). The molecule has 6 nitrogen and oxygen atoms in total. The third-order valence-corrected chi connectivity index (χ3v) is 4.35. The lowest BCUT2D eigenvalue weighted by Crippen LogP contribution is -2.31. The van der Waals surface area contributed by atoms with Gasteiger partial charge in [0.05, 0.1) is 13.2 Å². The van der Waals surface area contributed by atoms with Crippen molar-refractivity contribution in [2.24, 2.45) is 0 Å². The third-order valence-electron chi connectivity index (χ3n) is 4.35. The number of carbonyl (C=O) groups excluding carboxylic acids is 1. The molecule has 1 atom stereocenters. The summed E-state index contributed by atoms with van der Waals surface area (Å²) in [5.74, 6) is 1.47. The lowest BCUT2D eigenvalue weighted by atomic mass is 10.0. The minimum Gasteiger partial charge on any atom is -0.497 e. The highest BCUT2D eigenvalue weighted by Gasteiger charge is 2.27. The van der Waals surface area contributed by atoms with Crippen LogP contribution in [0, 0.1) is 0 Å². The van der Waals surface area contributed by atoms with Crippen LogP contribution in [-0.2, 0) is 0 Å².